The van der Waals surface area contributed by atoms with Crippen LogP contribution in [0, 0.1) is 0 Å². The summed E-state index contributed by atoms with van der Waals surface area (Å²) in [6, 6.07) is 0. The molecule has 0 aliphatic rings. The maximum atomic E-state index is 9.75. The highest BCUT2D eigenvalue weighted by Crippen LogP contribution is 1.89. The zero-order valence-corrected chi connectivity index (χ0v) is 8.04. The average molecular weight is 220 g/mol. The Morgan fingerprint density at radius 1 is 1.40 bits per heavy atom. The Morgan fingerprint density at radius 2 is 1.87 bits per heavy atom. The number of esters is 1. The number of aliphatic carboxylic acids is 2. The second kappa shape index (κ2) is 8.70. The van der Waals surface area contributed by atoms with Crippen molar-refractivity contribution in [3.8, 4) is 0 Å². The van der Waals surface area contributed by atoms with Gasteiger partial charge in [-0.2, -0.15) is 0 Å². The van der Waals surface area contributed by atoms with Gasteiger partial charge in [0.05, 0.1) is 12.7 Å². The van der Waals surface area contributed by atoms with Gasteiger partial charge >= 0.3 is 17.9 Å². The number of carbonyl (C=O) groups excluding carboxylic acids is 1. The van der Waals surface area contributed by atoms with Crippen LogP contribution in [0.5, 0.6) is 0 Å². The van der Waals surface area contributed by atoms with E-state index in [0.717, 1.165) is 6.26 Å². The second-order valence-corrected chi connectivity index (χ2v) is 2.23. The van der Waals surface area contributed by atoms with E-state index in [4.69, 9.17) is 15.3 Å². The summed E-state index contributed by atoms with van der Waals surface area (Å²) in [6.07, 6.45) is -1.44. The summed E-state index contributed by atoms with van der Waals surface area (Å²) in [7, 11) is 0. The molecule has 0 bridgehead atoms. The summed E-state index contributed by atoms with van der Waals surface area (Å²) >= 11 is 0. The van der Waals surface area contributed by atoms with E-state index in [2.05, 4.69) is 11.3 Å². The molecule has 86 valence electrons. The highest BCUT2D eigenvalue weighted by Gasteiger charge is 2.16. The molecule has 0 aromatic carbocycles. The standard InChI is InChI=1S/C4H6O5.C4H6O2/c5-2(4(8)9)1-3(6)7;1-3-6-4(2)5/h2,5H,1H2,(H,6,7)(H,8,9);3H,1H2,2H3. The number of carbonyl (C=O) groups is 3. The topological polar surface area (TPSA) is 121 Å². The van der Waals surface area contributed by atoms with Gasteiger partial charge in [0.2, 0.25) is 0 Å². The smallest absolute Gasteiger partial charge is 0.333 e. The number of carboxylic acids is 2. The average Bonchev–Trinajstić information content (AvgIpc) is 2.03. The molecule has 0 aromatic rings. The Kier molecular flexibility index (Phi) is 9.03. The minimum Gasteiger partial charge on any atom is -0.481 e. The van der Waals surface area contributed by atoms with E-state index >= 15 is 0 Å². The number of ether oxygens (including phenoxy) is 1. The molecule has 0 aromatic heterocycles. The third-order valence-corrected chi connectivity index (χ3v) is 0.902. The molecule has 0 rings (SSSR count). The molecule has 3 N–H and O–H groups in total. The molecular formula is C8H12O7. The molecular weight excluding hydrogens is 208 g/mol. The second-order valence-electron chi connectivity index (χ2n) is 2.23. The van der Waals surface area contributed by atoms with Crippen molar-refractivity contribution in [1.29, 1.82) is 0 Å². The molecule has 0 saturated heterocycles. The normalized spacial score (nSPS) is 10.3. The molecule has 7 nitrogen and oxygen atoms in total. The quantitative estimate of drug-likeness (QED) is 0.435. The van der Waals surface area contributed by atoms with Crippen LogP contribution in [0.25, 0.3) is 0 Å². The number of carboxylic acid groups (broad SMARTS) is 2. The minimum atomic E-state index is -1.79. The van der Waals surface area contributed by atoms with Crippen molar-refractivity contribution < 1.29 is 34.4 Å². The first-order valence-corrected chi connectivity index (χ1v) is 3.72. The zero-order valence-electron chi connectivity index (χ0n) is 8.04. The molecule has 7 heteroatoms. The number of aliphatic hydroxyl groups excluding tert-OH is 1. The maximum Gasteiger partial charge on any atom is 0.333 e. The first-order chi connectivity index (χ1) is 6.81. The van der Waals surface area contributed by atoms with Gasteiger partial charge in [-0.3, -0.25) is 9.59 Å². The van der Waals surface area contributed by atoms with Gasteiger partial charge in [-0.15, -0.1) is 0 Å². The van der Waals surface area contributed by atoms with E-state index in [-0.39, 0.29) is 5.97 Å². The fraction of sp³-hybridized carbons (Fsp3) is 0.375. The summed E-state index contributed by atoms with van der Waals surface area (Å²) in [5.74, 6) is -3.17. The van der Waals surface area contributed by atoms with Gasteiger partial charge in [-0.1, -0.05) is 6.58 Å². The van der Waals surface area contributed by atoms with Gasteiger partial charge in [0.15, 0.2) is 6.10 Å². The van der Waals surface area contributed by atoms with Crippen molar-refractivity contribution in [1.82, 2.24) is 0 Å². The Bertz CT molecular complexity index is 245. The Hall–Kier alpha value is -1.89. The number of hydrogen-bond donors (Lipinski definition) is 3. The lowest BCUT2D eigenvalue weighted by molar-refractivity contribution is -0.152. The first kappa shape index (κ1) is 15.6. The molecule has 0 radical (unpaired) electrons. The van der Waals surface area contributed by atoms with Gasteiger partial charge in [0.1, 0.15) is 0 Å². The van der Waals surface area contributed by atoms with Crippen molar-refractivity contribution in [3.63, 3.8) is 0 Å². The van der Waals surface area contributed by atoms with Crippen LogP contribution < -0.4 is 0 Å². The third kappa shape index (κ3) is 14.9. The van der Waals surface area contributed by atoms with Gasteiger partial charge < -0.3 is 20.1 Å². The molecule has 0 spiro atoms. The minimum absolute atomic E-state index is 0.329. The Morgan fingerprint density at radius 3 is 1.93 bits per heavy atom. The van der Waals surface area contributed by atoms with Crippen molar-refractivity contribution in [2.75, 3.05) is 0 Å². The van der Waals surface area contributed by atoms with Crippen molar-refractivity contribution in [2.24, 2.45) is 0 Å². The van der Waals surface area contributed by atoms with Crippen LogP contribution >= 0.6 is 0 Å². The number of rotatable bonds is 4. The molecule has 1 unspecified atom stereocenters. The van der Waals surface area contributed by atoms with Crippen molar-refractivity contribution in [3.05, 3.63) is 12.8 Å². The summed E-state index contributed by atoms with van der Waals surface area (Å²) in [6.45, 7) is 4.48. The molecule has 0 heterocycles. The highest BCUT2D eigenvalue weighted by molar-refractivity contribution is 5.79. The highest BCUT2D eigenvalue weighted by atomic mass is 16.5. The molecule has 0 saturated carbocycles. The summed E-state index contributed by atoms with van der Waals surface area (Å²) < 4.78 is 4.17. The molecule has 1 atom stereocenters. The first-order valence-electron chi connectivity index (χ1n) is 3.72. The van der Waals surface area contributed by atoms with Crippen LogP contribution in [0.15, 0.2) is 12.8 Å². The van der Waals surface area contributed by atoms with Crippen LogP contribution in [-0.4, -0.2) is 39.3 Å². The molecule has 15 heavy (non-hydrogen) atoms. The number of hydrogen-bond acceptors (Lipinski definition) is 5. The summed E-state index contributed by atoms with van der Waals surface area (Å²) in [5.41, 5.74) is 0. The molecule has 0 aliphatic carbocycles. The van der Waals surface area contributed by atoms with Gasteiger partial charge in [0.25, 0.3) is 0 Å². The lowest BCUT2D eigenvalue weighted by Crippen LogP contribution is -2.22. The van der Waals surface area contributed by atoms with E-state index in [0.29, 0.717) is 0 Å². The van der Waals surface area contributed by atoms with E-state index < -0.39 is 24.5 Å². The van der Waals surface area contributed by atoms with Crippen LogP contribution in [0.2, 0.25) is 0 Å². The summed E-state index contributed by atoms with van der Waals surface area (Å²) in [5, 5.41) is 24.1. The van der Waals surface area contributed by atoms with E-state index in [1.807, 2.05) is 0 Å². The zero-order chi connectivity index (χ0) is 12.4. The van der Waals surface area contributed by atoms with E-state index in [1.54, 1.807) is 0 Å². The van der Waals surface area contributed by atoms with Crippen molar-refractivity contribution >= 4 is 17.9 Å². The lowest BCUT2D eigenvalue weighted by atomic mass is 10.3. The van der Waals surface area contributed by atoms with Crippen LogP contribution in [0.1, 0.15) is 13.3 Å². The van der Waals surface area contributed by atoms with Crippen molar-refractivity contribution in [2.45, 2.75) is 19.4 Å². The summed E-state index contributed by atoms with van der Waals surface area (Å²) in [4.78, 5) is 29.2. The van der Waals surface area contributed by atoms with E-state index in [9.17, 15) is 14.4 Å². The fourth-order valence-electron chi connectivity index (χ4n) is 0.370. The third-order valence-electron chi connectivity index (χ3n) is 0.902. The predicted molar refractivity (Wildman–Crippen MR) is 47.9 cm³/mol. The number of aliphatic hydroxyl groups is 1. The lowest BCUT2D eigenvalue weighted by Gasteiger charge is -1.97. The largest absolute Gasteiger partial charge is 0.481 e. The van der Waals surface area contributed by atoms with Gasteiger partial charge in [0, 0.05) is 6.92 Å². The molecule has 0 aliphatic heterocycles. The Labute approximate surface area is 85.6 Å². The molecule has 0 fully saturated rings. The molecule has 0 amide bonds. The predicted octanol–water partition coefficient (Wildman–Crippen LogP) is -0.400. The SMILES string of the molecule is C=COC(C)=O.O=C(O)CC(O)C(=O)O. The fourth-order valence-corrected chi connectivity index (χ4v) is 0.370. The van der Waals surface area contributed by atoms with E-state index in [1.165, 1.54) is 6.92 Å². The van der Waals surface area contributed by atoms with Crippen LogP contribution in [-0.2, 0) is 19.1 Å². The Balaban J connectivity index is 0. The van der Waals surface area contributed by atoms with Crippen LogP contribution in [0.3, 0.4) is 0 Å². The van der Waals surface area contributed by atoms with Gasteiger partial charge in [-0.05, 0) is 0 Å². The maximum absolute atomic E-state index is 9.75. The monoisotopic (exact) mass is 220 g/mol. The van der Waals surface area contributed by atoms with Gasteiger partial charge in [-0.25, -0.2) is 4.79 Å². The van der Waals surface area contributed by atoms with Crippen LogP contribution in [0.4, 0.5) is 0 Å².